The van der Waals surface area contributed by atoms with Gasteiger partial charge in [0, 0.05) is 21.5 Å². The zero-order valence-corrected chi connectivity index (χ0v) is 28.5. The second-order valence-electron chi connectivity index (χ2n) is 12.9. The number of anilines is 1. The lowest BCUT2D eigenvalue weighted by Crippen LogP contribution is -2.30. The van der Waals surface area contributed by atoms with Gasteiger partial charge < -0.3 is 9.47 Å². The Hall–Kier alpha value is -5.34. The lowest BCUT2D eigenvalue weighted by atomic mass is 9.81. The molecule has 50 heavy (non-hydrogen) atoms. The van der Waals surface area contributed by atoms with Crippen molar-refractivity contribution in [3.8, 4) is 17.0 Å². The van der Waals surface area contributed by atoms with Gasteiger partial charge in [-0.15, -0.1) is 0 Å². The number of nitrogens with zero attached hydrogens (tertiary/aromatic N) is 2. The van der Waals surface area contributed by atoms with Gasteiger partial charge in [0.2, 0.25) is 17.6 Å². The molecule has 1 saturated carbocycles. The van der Waals surface area contributed by atoms with Gasteiger partial charge in [-0.25, -0.2) is 9.78 Å². The van der Waals surface area contributed by atoms with Crippen LogP contribution in [0.3, 0.4) is 0 Å². The number of esters is 1. The normalized spacial score (nSPS) is 17.8. The van der Waals surface area contributed by atoms with E-state index in [-0.39, 0.29) is 35.0 Å². The molecule has 252 valence electrons. The number of carbonyl (C=O) groups is 4. The number of pyridine rings is 1. The summed E-state index contributed by atoms with van der Waals surface area (Å²) in [5.74, 6) is -1.18. The van der Waals surface area contributed by atoms with Crippen LogP contribution in [0, 0.1) is 18.8 Å². The van der Waals surface area contributed by atoms with Crippen molar-refractivity contribution >= 4 is 51.8 Å². The van der Waals surface area contributed by atoms with Gasteiger partial charge in [0.1, 0.15) is 12.4 Å². The number of hydrogen-bond donors (Lipinski definition) is 0. The highest BCUT2D eigenvalue weighted by Gasteiger charge is 2.48. The standard InChI is InChI=1S/C41H35ClN2O6/c1-24-35(42)21-20-31-34(41(48)50-25(2)38(45)28-14-18-30(19-15-28)49-23-26-8-4-3-5-9-26)22-36(43-37(24)31)27-12-16-29(17-13-27)44-39(46)32-10-6-7-11-33(32)40(44)47/h3-5,8-9,12-22,25,32-33H,6-7,10-11,23H2,1-2H3. The van der Waals surface area contributed by atoms with Crippen LogP contribution in [0.4, 0.5) is 5.69 Å². The Morgan fingerprint density at radius 2 is 1.54 bits per heavy atom. The van der Waals surface area contributed by atoms with Crippen LogP contribution in [0.1, 0.15) is 64.4 Å². The van der Waals surface area contributed by atoms with Crippen LogP contribution in [0.15, 0.2) is 97.1 Å². The van der Waals surface area contributed by atoms with Gasteiger partial charge in [0.05, 0.1) is 34.3 Å². The number of rotatable bonds is 9. The Labute approximate surface area is 295 Å². The van der Waals surface area contributed by atoms with Crippen LogP contribution in [-0.2, 0) is 20.9 Å². The molecule has 2 fully saturated rings. The molecule has 2 amide bonds. The number of amides is 2. The molecule has 1 aliphatic carbocycles. The Morgan fingerprint density at radius 3 is 2.20 bits per heavy atom. The van der Waals surface area contributed by atoms with E-state index in [2.05, 4.69) is 0 Å². The van der Waals surface area contributed by atoms with Crippen molar-refractivity contribution in [2.75, 3.05) is 4.90 Å². The molecule has 1 aromatic heterocycles. The fraction of sp³-hybridized carbons (Fsp3) is 0.244. The minimum Gasteiger partial charge on any atom is -0.489 e. The molecule has 0 N–H and O–H groups in total. The van der Waals surface area contributed by atoms with Crippen molar-refractivity contribution < 1.29 is 28.7 Å². The van der Waals surface area contributed by atoms with Crippen molar-refractivity contribution in [2.45, 2.75) is 52.2 Å². The van der Waals surface area contributed by atoms with E-state index in [1.165, 1.54) is 4.90 Å². The van der Waals surface area contributed by atoms with Crippen LogP contribution in [-0.4, -0.2) is 34.7 Å². The Morgan fingerprint density at radius 1 is 0.880 bits per heavy atom. The highest BCUT2D eigenvalue weighted by atomic mass is 35.5. The molecule has 7 rings (SSSR count). The summed E-state index contributed by atoms with van der Waals surface area (Å²) in [4.78, 5) is 59.5. The molecule has 5 aromatic rings. The molecule has 1 aliphatic heterocycles. The van der Waals surface area contributed by atoms with Gasteiger partial charge in [-0.3, -0.25) is 19.3 Å². The summed E-state index contributed by atoms with van der Waals surface area (Å²) in [5, 5.41) is 1.02. The molecule has 2 aliphatic rings. The number of Topliss-reactive ketones (excluding diaryl/α,β-unsaturated/α-hetero) is 1. The van der Waals surface area contributed by atoms with Crippen LogP contribution < -0.4 is 9.64 Å². The molecule has 4 aromatic carbocycles. The third-order valence-corrected chi connectivity index (χ3v) is 10.1. The predicted octanol–water partition coefficient (Wildman–Crippen LogP) is 8.55. The first-order chi connectivity index (χ1) is 24.2. The SMILES string of the molecule is Cc1c(Cl)ccc2c(C(=O)OC(C)C(=O)c3ccc(OCc4ccccc4)cc3)cc(-c3ccc(N4C(=O)C5CCCCC5C4=O)cc3)nc12. The highest BCUT2D eigenvalue weighted by Crippen LogP contribution is 2.40. The van der Waals surface area contributed by atoms with Gasteiger partial charge in [0.25, 0.3) is 0 Å². The average molecular weight is 687 g/mol. The lowest BCUT2D eigenvalue weighted by molar-refractivity contribution is -0.122. The minimum atomic E-state index is -1.07. The maximum Gasteiger partial charge on any atom is 0.339 e. The molecule has 1 saturated heterocycles. The van der Waals surface area contributed by atoms with Gasteiger partial charge in [-0.1, -0.05) is 73.0 Å². The molecule has 3 atom stereocenters. The van der Waals surface area contributed by atoms with Gasteiger partial charge in [-0.2, -0.15) is 0 Å². The summed E-state index contributed by atoms with van der Waals surface area (Å²) in [6.45, 7) is 3.77. The monoisotopic (exact) mass is 686 g/mol. The molecular formula is C41H35ClN2O6. The molecule has 3 unspecified atom stereocenters. The van der Waals surface area contributed by atoms with Crippen molar-refractivity contribution in [1.29, 1.82) is 0 Å². The van der Waals surface area contributed by atoms with Crippen LogP contribution in [0.5, 0.6) is 5.75 Å². The summed E-state index contributed by atoms with van der Waals surface area (Å²) in [5.41, 5.74) is 4.50. The number of ketones is 1. The first kappa shape index (κ1) is 33.2. The van der Waals surface area contributed by atoms with Crippen LogP contribution >= 0.6 is 11.6 Å². The van der Waals surface area contributed by atoms with Crippen LogP contribution in [0.25, 0.3) is 22.2 Å². The zero-order chi connectivity index (χ0) is 34.9. The molecule has 2 heterocycles. The Balaban J connectivity index is 1.11. The third-order valence-electron chi connectivity index (χ3n) is 9.69. The fourth-order valence-corrected chi connectivity index (χ4v) is 7.04. The van der Waals surface area contributed by atoms with Gasteiger partial charge in [0.15, 0.2) is 6.10 Å². The second kappa shape index (κ2) is 13.9. The second-order valence-corrected chi connectivity index (χ2v) is 13.3. The number of ether oxygens (including phenoxy) is 2. The van der Waals surface area contributed by atoms with E-state index in [9.17, 15) is 19.2 Å². The van der Waals surface area contributed by atoms with Crippen molar-refractivity contribution in [1.82, 2.24) is 4.98 Å². The number of aryl methyl sites for hydroxylation is 1. The highest BCUT2D eigenvalue weighted by molar-refractivity contribution is 6.32. The number of halogens is 1. The van der Waals surface area contributed by atoms with Gasteiger partial charge in [-0.05, 0) is 86.3 Å². The minimum absolute atomic E-state index is 0.136. The summed E-state index contributed by atoms with van der Waals surface area (Å²) >= 11 is 6.47. The van der Waals surface area contributed by atoms with E-state index in [1.54, 1.807) is 73.7 Å². The number of fused-ring (bicyclic) bond motifs is 2. The first-order valence-electron chi connectivity index (χ1n) is 16.8. The first-order valence-corrected chi connectivity index (χ1v) is 17.2. The topological polar surface area (TPSA) is 103 Å². The fourth-order valence-electron chi connectivity index (χ4n) is 6.89. The Kier molecular flexibility index (Phi) is 9.21. The molecule has 0 spiro atoms. The maximum absolute atomic E-state index is 13.7. The molecule has 9 heteroatoms. The summed E-state index contributed by atoms with van der Waals surface area (Å²) in [7, 11) is 0. The molecular weight excluding hydrogens is 652 g/mol. The van der Waals surface area contributed by atoms with Crippen molar-refractivity contribution in [3.63, 3.8) is 0 Å². The Bertz CT molecular complexity index is 2090. The van der Waals surface area contributed by atoms with Gasteiger partial charge >= 0.3 is 5.97 Å². The molecule has 0 radical (unpaired) electrons. The van der Waals surface area contributed by atoms with E-state index in [1.807, 2.05) is 37.3 Å². The summed E-state index contributed by atoms with van der Waals surface area (Å²) in [6, 6.07) is 28.6. The van der Waals surface area contributed by atoms with E-state index < -0.39 is 12.1 Å². The zero-order valence-electron chi connectivity index (χ0n) is 27.7. The summed E-state index contributed by atoms with van der Waals surface area (Å²) in [6.07, 6.45) is 2.33. The quantitative estimate of drug-likeness (QED) is 0.0870. The lowest BCUT2D eigenvalue weighted by Gasteiger charge is -2.19. The number of carbonyl (C=O) groups excluding carboxylic acids is 4. The largest absolute Gasteiger partial charge is 0.489 e. The summed E-state index contributed by atoms with van der Waals surface area (Å²) < 4.78 is 11.6. The number of benzene rings is 4. The van der Waals surface area contributed by atoms with Crippen molar-refractivity contribution in [2.24, 2.45) is 11.8 Å². The van der Waals surface area contributed by atoms with E-state index in [0.29, 0.717) is 56.4 Å². The average Bonchev–Trinajstić information content (AvgIpc) is 3.41. The number of aromatic nitrogens is 1. The van der Waals surface area contributed by atoms with E-state index in [4.69, 9.17) is 26.1 Å². The predicted molar refractivity (Wildman–Crippen MR) is 191 cm³/mol. The van der Waals surface area contributed by atoms with Crippen molar-refractivity contribution in [3.05, 3.63) is 124 Å². The number of imide groups is 1. The molecule has 0 bridgehead atoms. The third kappa shape index (κ3) is 6.39. The number of hydrogen-bond acceptors (Lipinski definition) is 7. The smallest absolute Gasteiger partial charge is 0.339 e. The molecule has 8 nitrogen and oxygen atoms in total. The van der Waals surface area contributed by atoms with E-state index in [0.717, 1.165) is 31.2 Å². The van der Waals surface area contributed by atoms with E-state index >= 15 is 0 Å². The van der Waals surface area contributed by atoms with Crippen LogP contribution in [0.2, 0.25) is 5.02 Å². The maximum atomic E-state index is 13.7.